The minimum Gasteiger partial charge on any atom is -0.465 e. The minimum absolute atomic E-state index is 0.226. The molecule has 5 nitrogen and oxygen atoms in total. The summed E-state index contributed by atoms with van der Waals surface area (Å²) >= 11 is 0. The fourth-order valence-electron chi connectivity index (χ4n) is 2.51. The third-order valence-corrected chi connectivity index (χ3v) is 5.56. The first kappa shape index (κ1) is 16.0. The molecule has 0 aliphatic carbocycles. The lowest BCUT2D eigenvalue weighted by molar-refractivity contribution is -0.148. The minimum atomic E-state index is -3.66. The Morgan fingerprint density at radius 1 is 1.29 bits per heavy atom. The van der Waals surface area contributed by atoms with Crippen molar-refractivity contribution in [2.75, 3.05) is 13.2 Å². The smallest absolute Gasteiger partial charge is 0.324 e. The number of hydrogen-bond acceptors (Lipinski definition) is 4. The van der Waals surface area contributed by atoms with Crippen molar-refractivity contribution >= 4 is 16.0 Å². The standard InChI is InChI=1S/C15H21NO4S/c1-3-20-15(17)14-6-4-5-11-16(14)21(18,19)13-9-7-12(2)8-10-13/h7-10,14H,3-6,11H2,1-2H3. The summed E-state index contributed by atoms with van der Waals surface area (Å²) in [4.78, 5) is 12.2. The Morgan fingerprint density at radius 2 is 1.95 bits per heavy atom. The van der Waals surface area contributed by atoms with Crippen LogP contribution in [0.4, 0.5) is 0 Å². The molecule has 1 saturated heterocycles. The van der Waals surface area contributed by atoms with E-state index in [0.29, 0.717) is 13.0 Å². The Hall–Kier alpha value is -1.40. The summed E-state index contributed by atoms with van der Waals surface area (Å²) in [5.41, 5.74) is 0.995. The first-order valence-corrected chi connectivity index (χ1v) is 8.66. The van der Waals surface area contributed by atoms with Crippen molar-refractivity contribution in [1.29, 1.82) is 0 Å². The van der Waals surface area contributed by atoms with Crippen molar-refractivity contribution in [2.45, 2.75) is 44.0 Å². The normalized spacial score (nSPS) is 20.2. The largest absolute Gasteiger partial charge is 0.465 e. The molecule has 116 valence electrons. The van der Waals surface area contributed by atoms with Crippen LogP contribution >= 0.6 is 0 Å². The molecule has 0 amide bonds. The SMILES string of the molecule is CCOC(=O)C1CCCCN1S(=O)(=O)c1ccc(C)cc1. The Balaban J connectivity index is 2.31. The molecule has 6 heteroatoms. The number of sulfonamides is 1. The van der Waals surface area contributed by atoms with Gasteiger partial charge in [0, 0.05) is 6.54 Å². The van der Waals surface area contributed by atoms with Gasteiger partial charge in [0.25, 0.3) is 0 Å². The van der Waals surface area contributed by atoms with E-state index in [1.165, 1.54) is 4.31 Å². The highest BCUT2D eigenvalue weighted by Crippen LogP contribution is 2.26. The molecule has 1 aliphatic rings. The average Bonchev–Trinajstić information content (AvgIpc) is 2.48. The van der Waals surface area contributed by atoms with Crippen LogP contribution in [0.2, 0.25) is 0 Å². The van der Waals surface area contributed by atoms with E-state index in [0.717, 1.165) is 18.4 Å². The number of hydrogen-bond donors (Lipinski definition) is 0. The van der Waals surface area contributed by atoms with Crippen molar-refractivity contribution in [2.24, 2.45) is 0 Å². The number of aryl methyl sites for hydroxylation is 1. The molecular weight excluding hydrogens is 290 g/mol. The summed E-state index contributed by atoms with van der Waals surface area (Å²) in [6.45, 7) is 4.24. The van der Waals surface area contributed by atoms with Gasteiger partial charge in [0.05, 0.1) is 11.5 Å². The van der Waals surface area contributed by atoms with Crippen molar-refractivity contribution in [1.82, 2.24) is 4.31 Å². The van der Waals surface area contributed by atoms with Crippen molar-refractivity contribution in [3.8, 4) is 0 Å². The first-order chi connectivity index (χ1) is 9.96. The third kappa shape index (κ3) is 3.44. The Kier molecular flexibility index (Phi) is 5.00. The molecule has 1 aromatic carbocycles. The van der Waals surface area contributed by atoms with E-state index in [4.69, 9.17) is 4.74 Å². The monoisotopic (exact) mass is 311 g/mol. The van der Waals surface area contributed by atoms with E-state index in [2.05, 4.69) is 0 Å². The van der Waals surface area contributed by atoms with Crippen LogP contribution < -0.4 is 0 Å². The molecule has 21 heavy (non-hydrogen) atoms. The summed E-state index contributed by atoms with van der Waals surface area (Å²) < 4.78 is 31.8. The number of benzene rings is 1. The number of piperidine rings is 1. The second-order valence-corrected chi connectivity index (χ2v) is 7.08. The number of carbonyl (C=O) groups is 1. The van der Waals surface area contributed by atoms with Gasteiger partial charge in [0.2, 0.25) is 10.0 Å². The Morgan fingerprint density at radius 3 is 2.57 bits per heavy atom. The zero-order valence-electron chi connectivity index (χ0n) is 12.4. The molecule has 1 fully saturated rings. The van der Waals surface area contributed by atoms with Crippen LogP contribution in [0.5, 0.6) is 0 Å². The Bertz CT molecular complexity index is 595. The molecular formula is C15H21NO4S. The fraction of sp³-hybridized carbons (Fsp3) is 0.533. The molecule has 1 atom stereocenters. The lowest BCUT2D eigenvalue weighted by Gasteiger charge is -2.32. The second kappa shape index (κ2) is 6.58. The van der Waals surface area contributed by atoms with Crippen LogP contribution in [0.3, 0.4) is 0 Å². The van der Waals surface area contributed by atoms with E-state index in [-0.39, 0.29) is 11.5 Å². The van der Waals surface area contributed by atoms with E-state index >= 15 is 0 Å². The van der Waals surface area contributed by atoms with Gasteiger partial charge in [-0.2, -0.15) is 4.31 Å². The van der Waals surface area contributed by atoms with Gasteiger partial charge in [0.15, 0.2) is 0 Å². The van der Waals surface area contributed by atoms with E-state index in [1.807, 2.05) is 6.92 Å². The van der Waals surface area contributed by atoms with Gasteiger partial charge in [-0.1, -0.05) is 17.7 Å². The van der Waals surface area contributed by atoms with Gasteiger partial charge in [-0.05, 0) is 45.2 Å². The predicted octanol–water partition coefficient (Wildman–Crippen LogP) is 2.10. The zero-order chi connectivity index (χ0) is 15.5. The molecule has 1 aromatic rings. The molecule has 2 rings (SSSR count). The summed E-state index contributed by atoms with van der Waals surface area (Å²) in [5.74, 6) is -0.451. The van der Waals surface area contributed by atoms with E-state index in [9.17, 15) is 13.2 Å². The van der Waals surface area contributed by atoms with Crippen molar-refractivity contribution < 1.29 is 17.9 Å². The molecule has 0 aromatic heterocycles. The topological polar surface area (TPSA) is 63.7 Å². The molecule has 0 bridgehead atoms. The fourth-order valence-corrected chi connectivity index (χ4v) is 4.16. The summed E-state index contributed by atoms with van der Waals surface area (Å²) in [5, 5.41) is 0. The molecule has 0 N–H and O–H groups in total. The molecule has 0 spiro atoms. The zero-order valence-corrected chi connectivity index (χ0v) is 13.2. The van der Waals surface area contributed by atoms with Gasteiger partial charge >= 0.3 is 5.97 Å². The van der Waals surface area contributed by atoms with Crippen molar-refractivity contribution in [3.63, 3.8) is 0 Å². The lowest BCUT2D eigenvalue weighted by atomic mass is 10.1. The highest BCUT2D eigenvalue weighted by atomic mass is 32.2. The van der Waals surface area contributed by atoms with E-state index in [1.54, 1.807) is 31.2 Å². The third-order valence-electron chi connectivity index (χ3n) is 3.64. The molecule has 1 aliphatic heterocycles. The maximum Gasteiger partial charge on any atom is 0.324 e. The maximum absolute atomic E-state index is 12.7. The van der Waals surface area contributed by atoms with E-state index < -0.39 is 22.0 Å². The van der Waals surface area contributed by atoms with Crippen LogP contribution in [0.25, 0.3) is 0 Å². The summed E-state index contributed by atoms with van der Waals surface area (Å²) in [6, 6.07) is 5.99. The molecule has 1 heterocycles. The van der Waals surface area contributed by atoms with Gasteiger partial charge in [-0.15, -0.1) is 0 Å². The number of ether oxygens (including phenoxy) is 1. The van der Waals surface area contributed by atoms with Crippen LogP contribution in [0, 0.1) is 6.92 Å². The van der Waals surface area contributed by atoms with Crippen LogP contribution in [-0.2, 0) is 19.6 Å². The highest BCUT2D eigenvalue weighted by molar-refractivity contribution is 7.89. The van der Waals surface area contributed by atoms with Gasteiger partial charge in [0.1, 0.15) is 6.04 Å². The lowest BCUT2D eigenvalue weighted by Crippen LogP contribution is -2.48. The highest BCUT2D eigenvalue weighted by Gasteiger charge is 2.38. The number of rotatable bonds is 4. The maximum atomic E-state index is 12.7. The Labute approximate surface area is 126 Å². The number of carbonyl (C=O) groups excluding carboxylic acids is 1. The van der Waals surface area contributed by atoms with Crippen LogP contribution in [-0.4, -0.2) is 37.9 Å². The average molecular weight is 311 g/mol. The number of nitrogens with zero attached hydrogens (tertiary/aromatic N) is 1. The van der Waals surface area contributed by atoms with Gasteiger partial charge < -0.3 is 4.74 Å². The first-order valence-electron chi connectivity index (χ1n) is 7.22. The van der Waals surface area contributed by atoms with Crippen LogP contribution in [0.15, 0.2) is 29.2 Å². The van der Waals surface area contributed by atoms with Crippen molar-refractivity contribution in [3.05, 3.63) is 29.8 Å². The predicted molar refractivity (Wildman–Crippen MR) is 79.3 cm³/mol. The van der Waals surface area contributed by atoms with Gasteiger partial charge in [-0.25, -0.2) is 8.42 Å². The molecule has 1 unspecified atom stereocenters. The second-order valence-electron chi connectivity index (χ2n) is 5.19. The van der Waals surface area contributed by atoms with Crippen LogP contribution in [0.1, 0.15) is 31.7 Å². The summed E-state index contributed by atoms with van der Waals surface area (Å²) in [6.07, 6.45) is 2.12. The van der Waals surface area contributed by atoms with Gasteiger partial charge in [-0.3, -0.25) is 4.79 Å². The summed E-state index contributed by atoms with van der Waals surface area (Å²) in [7, 11) is -3.66. The molecule has 0 saturated carbocycles. The molecule has 0 radical (unpaired) electrons. The number of esters is 1. The quantitative estimate of drug-likeness (QED) is 0.799.